The van der Waals surface area contributed by atoms with Gasteiger partial charge in [0.25, 0.3) is 0 Å². The van der Waals surface area contributed by atoms with Crippen LogP contribution in [0.1, 0.15) is 12.8 Å². The molecule has 50 valence electrons. The van der Waals surface area contributed by atoms with E-state index >= 15 is 0 Å². The molecule has 9 heavy (non-hydrogen) atoms. The third-order valence-electron chi connectivity index (χ3n) is 0.656. The molecule has 0 amide bonds. The molecule has 0 heterocycles. The summed E-state index contributed by atoms with van der Waals surface area (Å²) < 4.78 is 4.32. The maximum atomic E-state index is 10.3. The van der Waals surface area contributed by atoms with Gasteiger partial charge in [-0.15, -0.1) is 0 Å². The third kappa shape index (κ3) is 5.12. The van der Waals surface area contributed by atoms with Crippen LogP contribution in [0.15, 0.2) is 0 Å². The zero-order chi connectivity index (χ0) is 7.11. The predicted octanol–water partition coefficient (Wildman–Crippen LogP) is 1.03. The molecule has 0 saturated heterocycles. The van der Waals surface area contributed by atoms with Crippen molar-refractivity contribution in [2.24, 2.45) is 0 Å². The summed E-state index contributed by atoms with van der Waals surface area (Å²) in [6, 6.07) is 1.68. The number of hydrogen-bond donors (Lipinski definition) is 0. The molecule has 0 aliphatic carbocycles. The lowest BCUT2D eigenvalue weighted by molar-refractivity contribution is -0.141. The van der Waals surface area contributed by atoms with Crippen LogP contribution in [-0.4, -0.2) is 12.0 Å². The lowest BCUT2D eigenvalue weighted by Gasteiger charge is -1.94. The van der Waals surface area contributed by atoms with Gasteiger partial charge in [0.2, 0.25) is 0 Å². The van der Waals surface area contributed by atoms with Crippen LogP contribution in [0.4, 0.5) is 0 Å². The minimum absolute atomic E-state index is 0.128. The van der Waals surface area contributed by atoms with Crippen LogP contribution in [0, 0.1) is 11.3 Å². The molecule has 0 spiro atoms. The van der Waals surface area contributed by atoms with Crippen molar-refractivity contribution in [1.82, 2.24) is 0 Å². The summed E-state index contributed by atoms with van der Waals surface area (Å²) in [4.78, 5) is 10.3. The van der Waals surface area contributed by atoms with E-state index in [-0.39, 0.29) is 18.9 Å². The molecule has 0 rings (SSSR count). The van der Waals surface area contributed by atoms with E-state index in [1.807, 2.05) is 6.07 Å². The van der Waals surface area contributed by atoms with Crippen molar-refractivity contribution in [3.05, 3.63) is 0 Å². The quantitative estimate of drug-likeness (QED) is 0.443. The number of ether oxygens (including phenoxy) is 1. The Morgan fingerprint density at radius 1 is 1.78 bits per heavy atom. The smallest absolute Gasteiger partial charge is 0.308 e. The first-order valence-electron chi connectivity index (χ1n) is 2.39. The van der Waals surface area contributed by atoms with E-state index in [1.165, 1.54) is 0 Å². The molecule has 0 bridgehead atoms. The van der Waals surface area contributed by atoms with Gasteiger partial charge in [0.15, 0.2) is 6.07 Å². The molecule has 0 saturated carbocycles. The molecule has 0 aromatic rings. The number of carbonyl (C=O) groups excluding carboxylic acids is 1. The second kappa shape index (κ2) is 5.39. The van der Waals surface area contributed by atoms with Crippen LogP contribution >= 0.6 is 11.6 Å². The number of rotatable bonds is 3. The van der Waals surface area contributed by atoms with Crippen molar-refractivity contribution in [2.45, 2.75) is 12.8 Å². The summed E-state index contributed by atoms with van der Waals surface area (Å²) in [7, 11) is 0. The number of carbonyl (C=O) groups is 1. The molecule has 0 N–H and O–H groups in total. The minimum atomic E-state index is -0.424. The van der Waals surface area contributed by atoms with Crippen LogP contribution in [0.3, 0.4) is 0 Å². The van der Waals surface area contributed by atoms with Gasteiger partial charge in [-0.3, -0.25) is 4.79 Å². The zero-order valence-corrected chi connectivity index (χ0v) is 5.52. The number of halogens is 1. The first-order valence-corrected chi connectivity index (χ1v) is 2.93. The van der Waals surface area contributed by atoms with Crippen LogP contribution < -0.4 is 0 Å². The van der Waals surface area contributed by atoms with Crippen molar-refractivity contribution in [2.75, 3.05) is 6.07 Å². The van der Waals surface area contributed by atoms with E-state index in [1.54, 1.807) is 0 Å². The van der Waals surface area contributed by atoms with Crippen LogP contribution in [-0.2, 0) is 9.53 Å². The summed E-state index contributed by atoms with van der Waals surface area (Å²) in [5.41, 5.74) is 0. The molecule has 0 aromatic carbocycles. The van der Waals surface area contributed by atoms with Gasteiger partial charge in [0.1, 0.15) is 0 Å². The van der Waals surface area contributed by atoms with Gasteiger partial charge in [-0.1, -0.05) is 11.6 Å². The van der Waals surface area contributed by atoms with Crippen molar-refractivity contribution >= 4 is 17.6 Å². The van der Waals surface area contributed by atoms with Gasteiger partial charge >= 0.3 is 5.97 Å². The Labute approximate surface area is 58.2 Å². The molecule has 0 fully saturated rings. The largest absolute Gasteiger partial charge is 0.449 e. The molecule has 0 atom stereocenters. The minimum Gasteiger partial charge on any atom is -0.449 e. The van der Waals surface area contributed by atoms with E-state index in [0.717, 1.165) is 0 Å². The fraction of sp³-hybridized carbons (Fsp3) is 0.600. The van der Waals surface area contributed by atoms with E-state index in [0.29, 0.717) is 0 Å². The highest BCUT2D eigenvalue weighted by Crippen LogP contribution is 1.91. The molecule has 0 aliphatic heterocycles. The van der Waals surface area contributed by atoms with Crippen LogP contribution in [0.5, 0.6) is 0 Å². The molecular weight excluding hydrogens is 142 g/mol. The highest BCUT2D eigenvalue weighted by atomic mass is 35.5. The summed E-state index contributed by atoms with van der Waals surface area (Å²) in [5, 5.41) is 7.99. The summed E-state index contributed by atoms with van der Waals surface area (Å²) in [6.07, 6.45) is 0.318. The first kappa shape index (κ1) is 8.25. The van der Waals surface area contributed by atoms with E-state index in [9.17, 15) is 4.79 Å². The topological polar surface area (TPSA) is 50.1 Å². The van der Waals surface area contributed by atoms with Gasteiger partial charge in [0.05, 0.1) is 12.5 Å². The molecule has 4 heteroatoms. The van der Waals surface area contributed by atoms with Crippen LogP contribution in [0.2, 0.25) is 0 Å². The van der Waals surface area contributed by atoms with Crippen LogP contribution in [0.25, 0.3) is 0 Å². The van der Waals surface area contributed by atoms with Crippen molar-refractivity contribution < 1.29 is 9.53 Å². The fourth-order valence-corrected chi connectivity index (χ4v) is 0.413. The predicted molar refractivity (Wildman–Crippen MR) is 31.7 cm³/mol. The number of hydrogen-bond acceptors (Lipinski definition) is 3. The molecule has 0 unspecified atom stereocenters. The normalized spacial score (nSPS) is 8.00. The van der Waals surface area contributed by atoms with Gasteiger partial charge in [0, 0.05) is 6.42 Å². The number of nitriles is 1. The molecular formula is C5H6ClNO2. The molecule has 0 aromatic heterocycles. The third-order valence-corrected chi connectivity index (χ3v) is 0.766. The number of alkyl halides is 1. The van der Waals surface area contributed by atoms with E-state index < -0.39 is 5.97 Å². The number of esters is 1. The second-order valence-electron chi connectivity index (χ2n) is 1.28. The van der Waals surface area contributed by atoms with Gasteiger partial charge < -0.3 is 4.74 Å². The second-order valence-corrected chi connectivity index (χ2v) is 1.50. The SMILES string of the molecule is N#CCCC(=O)OCCl. The van der Waals surface area contributed by atoms with Gasteiger partial charge in [-0.2, -0.15) is 5.26 Å². The summed E-state index contributed by atoms with van der Waals surface area (Å²) in [6.45, 7) is 0. The monoisotopic (exact) mass is 147 g/mol. The Bertz CT molecular complexity index is 129. The highest BCUT2D eigenvalue weighted by Gasteiger charge is 1.98. The van der Waals surface area contributed by atoms with Crippen molar-refractivity contribution in [1.29, 1.82) is 5.26 Å². The Morgan fingerprint density at radius 2 is 2.44 bits per heavy atom. The lowest BCUT2D eigenvalue weighted by Crippen LogP contribution is -2.01. The van der Waals surface area contributed by atoms with E-state index in [4.69, 9.17) is 16.9 Å². The summed E-state index contributed by atoms with van der Waals surface area (Å²) in [5.74, 6) is -0.424. The Hall–Kier alpha value is -0.750. The highest BCUT2D eigenvalue weighted by molar-refractivity contribution is 6.17. The van der Waals surface area contributed by atoms with E-state index in [2.05, 4.69) is 4.74 Å². The first-order chi connectivity index (χ1) is 4.31. The maximum absolute atomic E-state index is 10.3. The average Bonchev–Trinajstić information content (AvgIpc) is 1.85. The maximum Gasteiger partial charge on any atom is 0.308 e. The zero-order valence-electron chi connectivity index (χ0n) is 4.76. The molecule has 0 aliphatic rings. The molecule has 0 radical (unpaired) electrons. The Balaban J connectivity index is 3.19. The van der Waals surface area contributed by atoms with Gasteiger partial charge in [-0.05, 0) is 0 Å². The lowest BCUT2D eigenvalue weighted by atomic mass is 10.3. The number of nitrogens with zero attached hydrogens (tertiary/aromatic N) is 1. The average molecular weight is 148 g/mol. The summed E-state index contributed by atoms with van der Waals surface area (Å²) >= 11 is 5.05. The standard InChI is InChI=1S/C5H6ClNO2/c6-4-9-5(8)2-1-3-7/h1-2,4H2. The van der Waals surface area contributed by atoms with Crippen molar-refractivity contribution in [3.63, 3.8) is 0 Å². The Kier molecular flexibility index (Phi) is 4.94. The van der Waals surface area contributed by atoms with Crippen molar-refractivity contribution in [3.8, 4) is 6.07 Å². The Morgan fingerprint density at radius 3 is 2.89 bits per heavy atom. The fourth-order valence-electron chi connectivity index (χ4n) is 0.291. The molecule has 3 nitrogen and oxygen atoms in total. The van der Waals surface area contributed by atoms with Gasteiger partial charge in [-0.25, -0.2) is 0 Å².